The SMILES string of the molecule is CC(Oc1ccc(Cl)cc1[C@H]1c2ccccc2CCN1C(=O)OCc1ccccc1)C(=O)O. The van der Waals surface area contributed by atoms with Crippen molar-refractivity contribution < 1.29 is 24.2 Å². The fourth-order valence-electron chi connectivity index (χ4n) is 3.98. The van der Waals surface area contributed by atoms with Gasteiger partial charge < -0.3 is 14.6 Å². The van der Waals surface area contributed by atoms with Crippen LogP contribution in [0.25, 0.3) is 0 Å². The normalized spacial score (nSPS) is 15.9. The van der Waals surface area contributed by atoms with E-state index in [0.717, 1.165) is 16.7 Å². The van der Waals surface area contributed by atoms with E-state index < -0.39 is 24.2 Å². The molecule has 2 atom stereocenters. The van der Waals surface area contributed by atoms with Crippen molar-refractivity contribution in [3.05, 3.63) is 100 Å². The molecule has 33 heavy (non-hydrogen) atoms. The molecule has 0 saturated carbocycles. The number of rotatable bonds is 6. The van der Waals surface area contributed by atoms with Crippen molar-refractivity contribution in [2.45, 2.75) is 32.1 Å². The average molecular weight is 466 g/mol. The van der Waals surface area contributed by atoms with E-state index in [1.54, 1.807) is 23.1 Å². The first kappa shape index (κ1) is 22.7. The molecule has 1 N–H and O–H groups in total. The highest BCUT2D eigenvalue weighted by Gasteiger charge is 2.35. The molecule has 1 aliphatic heterocycles. The molecule has 4 rings (SSSR count). The summed E-state index contributed by atoms with van der Waals surface area (Å²) in [5.41, 5.74) is 3.53. The third kappa shape index (κ3) is 5.12. The fraction of sp³-hybridized carbons (Fsp3) is 0.231. The molecule has 170 valence electrons. The molecule has 0 aromatic heterocycles. The van der Waals surface area contributed by atoms with E-state index in [1.165, 1.54) is 6.92 Å². The highest BCUT2D eigenvalue weighted by atomic mass is 35.5. The summed E-state index contributed by atoms with van der Waals surface area (Å²) in [6, 6.07) is 21.8. The van der Waals surface area contributed by atoms with E-state index in [-0.39, 0.29) is 6.61 Å². The predicted octanol–water partition coefficient (Wildman–Crippen LogP) is 5.48. The Morgan fingerprint density at radius 2 is 1.79 bits per heavy atom. The molecular weight excluding hydrogens is 442 g/mol. The number of fused-ring (bicyclic) bond motifs is 1. The van der Waals surface area contributed by atoms with Gasteiger partial charge in [0.2, 0.25) is 0 Å². The van der Waals surface area contributed by atoms with Crippen molar-refractivity contribution in [3.8, 4) is 5.75 Å². The van der Waals surface area contributed by atoms with E-state index in [1.807, 2.05) is 54.6 Å². The predicted molar refractivity (Wildman–Crippen MR) is 124 cm³/mol. The zero-order valence-electron chi connectivity index (χ0n) is 18.1. The van der Waals surface area contributed by atoms with Gasteiger partial charge in [-0.2, -0.15) is 0 Å². The molecule has 0 spiro atoms. The average Bonchev–Trinajstić information content (AvgIpc) is 2.83. The number of nitrogens with zero attached hydrogens (tertiary/aromatic N) is 1. The van der Waals surface area contributed by atoms with Gasteiger partial charge in [0.1, 0.15) is 12.4 Å². The number of carbonyl (C=O) groups is 2. The van der Waals surface area contributed by atoms with E-state index in [2.05, 4.69) is 0 Å². The molecule has 3 aromatic rings. The van der Waals surface area contributed by atoms with Gasteiger partial charge in [-0.05, 0) is 48.2 Å². The van der Waals surface area contributed by atoms with Gasteiger partial charge >= 0.3 is 12.1 Å². The van der Waals surface area contributed by atoms with Crippen molar-refractivity contribution >= 4 is 23.7 Å². The number of amides is 1. The minimum atomic E-state index is -1.08. The zero-order chi connectivity index (χ0) is 23.4. The highest BCUT2D eigenvalue weighted by Crippen LogP contribution is 2.41. The van der Waals surface area contributed by atoms with Crippen molar-refractivity contribution in [1.82, 2.24) is 4.90 Å². The smallest absolute Gasteiger partial charge is 0.410 e. The van der Waals surface area contributed by atoms with Crippen molar-refractivity contribution in [2.24, 2.45) is 0 Å². The number of hydrogen-bond acceptors (Lipinski definition) is 4. The lowest BCUT2D eigenvalue weighted by molar-refractivity contribution is -0.144. The molecule has 0 bridgehead atoms. The lowest BCUT2D eigenvalue weighted by Crippen LogP contribution is -2.41. The zero-order valence-corrected chi connectivity index (χ0v) is 18.9. The summed E-state index contributed by atoms with van der Waals surface area (Å²) in [4.78, 5) is 26.3. The van der Waals surface area contributed by atoms with Crippen LogP contribution in [-0.2, 0) is 22.6 Å². The minimum absolute atomic E-state index is 0.152. The molecular formula is C26H24ClNO5. The second kappa shape index (κ2) is 9.96. The van der Waals surface area contributed by atoms with Crippen molar-refractivity contribution in [1.29, 1.82) is 0 Å². The summed E-state index contributed by atoms with van der Waals surface area (Å²) in [5.74, 6) is -0.726. The molecule has 1 heterocycles. The number of carboxylic acids is 1. The van der Waals surface area contributed by atoms with Crippen molar-refractivity contribution in [2.75, 3.05) is 6.54 Å². The molecule has 1 amide bonds. The molecule has 1 aliphatic rings. The van der Waals surface area contributed by atoms with Gasteiger partial charge in [0.05, 0.1) is 6.04 Å². The maximum atomic E-state index is 13.2. The van der Waals surface area contributed by atoms with Crippen LogP contribution < -0.4 is 4.74 Å². The maximum Gasteiger partial charge on any atom is 0.410 e. The summed E-state index contributed by atoms with van der Waals surface area (Å²) in [6.45, 7) is 2.05. The first-order valence-corrected chi connectivity index (χ1v) is 11.1. The Balaban J connectivity index is 1.71. The van der Waals surface area contributed by atoms with Gasteiger partial charge in [-0.15, -0.1) is 0 Å². The van der Waals surface area contributed by atoms with Crippen LogP contribution in [-0.4, -0.2) is 34.7 Å². The van der Waals surface area contributed by atoms with Crippen LogP contribution >= 0.6 is 11.6 Å². The van der Waals surface area contributed by atoms with Gasteiger partial charge in [-0.25, -0.2) is 9.59 Å². The van der Waals surface area contributed by atoms with Gasteiger partial charge in [0, 0.05) is 17.1 Å². The Labute approximate surface area is 197 Å². The van der Waals surface area contributed by atoms with Crippen LogP contribution in [0.15, 0.2) is 72.8 Å². The number of hydrogen-bond donors (Lipinski definition) is 1. The number of benzene rings is 3. The second-order valence-corrected chi connectivity index (χ2v) is 8.30. The van der Waals surface area contributed by atoms with Crippen molar-refractivity contribution in [3.63, 3.8) is 0 Å². The first-order chi connectivity index (χ1) is 15.9. The summed E-state index contributed by atoms with van der Waals surface area (Å²) < 4.78 is 11.4. The standard InChI is InChI=1S/C26H24ClNO5/c1-17(25(29)30)33-23-12-11-20(27)15-22(23)24-21-10-6-5-9-19(21)13-14-28(24)26(31)32-16-18-7-3-2-4-8-18/h2-12,15,17,24H,13-14,16H2,1H3,(H,29,30)/t17?,24-/m1/s1. The molecule has 1 unspecified atom stereocenters. The minimum Gasteiger partial charge on any atom is -0.479 e. The quantitative estimate of drug-likeness (QED) is 0.522. The Morgan fingerprint density at radius 1 is 1.06 bits per heavy atom. The molecule has 0 saturated heterocycles. The topological polar surface area (TPSA) is 76.1 Å². The van der Waals surface area contributed by atoms with E-state index in [4.69, 9.17) is 21.1 Å². The van der Waals surface area contributed by atoms with Gasteiger partial charge in [0.25, 0.3) is 0 Å². The fourth-order valence-corrected chi connectivity index (χ4v) is 4.16. The molecule has 0 fully saturated rings. The van der Waals surface area contributed by atoms with Crippen LogP contribution in [0.1, 0.15) is 35.2 Å². The Kier molecular flexibility index (Phi) is 6.84. The summed E-state index contributed by atoms with van der Waals surface area (Å²) >= 11 is 6.32. The molecule has 7 heteroatoms. The molecule has 3 aromatic carbocycles. The second-order valence-electron chi connectivity index (χ2n) is 7.87. The van der Waals surface area contributed by atoms with Crippen LogP contribution in [0.3, 0.4) is 0 Å². The summed E-state index contributed by atoms with van der Waals surface area (Å²) in [5, 5.41) is 9.80. The molecule has 6 nitrogen and oxygen atoms in total. The van der Waals surface area contributed by atoms with Gasteiger partial charge in [-0.1, -0.05) is 66.2 Å². The van der Waals surface area contributed by atoms with Crippen LogP contribution in [0.2, 0.25) is 5.02 Å². The maximum absolute atomic E-state index is 13.2. The highest BCUT2D eigenvalue weighted by molar-refractivity contribution is 6.30. The number of halogens is 1. The number of ether oxygens (including phenoxy) is 2. The first-order valence-electron chi connectivity index (χ1n) is 10.7. The lowest BCUT2D eigenvalue weighted by atomic mass is 9.88. The lowest BCUT2D eigenvalue weighted by Gasteiger charge is -2.37. The number of carbonyl (C=O) groups excluding carboxylic acids is 1. The van der Waals surface area contributed by atoms with Crippen LogP contribution in [0, 0.1) is 0 Å². The van der Waals surface area contributed by atoms with Gasteiger partial charge in [0.15, 0.2) is 6.10 Å². The summed E-state index contributed by atoms with van der Waals surface area (Å²) in [6.07, 6.45) is -0.854. The Morgan fingerprint density at radius 3 is 2.55 bits per heavy atom. The van der Waals surface area contributed by atoms with E-state index >= 15 is 0 Å². The monoisotopic (exact) mass is 465 g/mol. The van der Waals surface area contributed by atoms with Crippen LogP contribution in [0.4, 0.5) is 4.79 Å². The Hall–Kier alpha value is -3.51. The van der Waals surface area contributed by atoms with Crippen LogP contribution in [0.5, 0.6) is 5.75 Å². The Bertz CT molecular complexity index is 1150. The third-order valence-corrected chi connectivity index (χ3v) is 5.88. The van der Waals surface area contributed by atoms with E-state index in [9.17, 15) is 14.7 Å². The number of aliphatic carboxylic acids is 1. The molecule has 0 aliphatic carbocycles. The number of carboxylic acid groups (broad SMARTS) is 1. The largest absolute Gasteiger partial charge is 0.479 e. The third-order valence-electron chi connectivity index (χ3n) is 5.64. The summed E-state index contributed by atoms with van der Waals surface area (Å²) in [7, 11) is 0. The molecule has 0 radical (unpaired) electrons. The van der Waals surface area contributed by atoms with Gasteiger partial charge in [-0.3, -0.25) is 4.90 Å². The van der Waals surface area contributed by atoms with E-state index in [0.29, 0.717) is 29.3 Å².